The third kappa shape index (κ3) is 2.32. The van der Waals surface area contributed by atoms with Gasteiger partial charge in [0.05, 0.1) is 6.20 Å². The van der Waals surface area contributed by atoms with Gasteiger partial charge in [0.25, 0.3) is 0 Å². The van der Waals surface area contributed by atoms with E-state index in [4.69, 9.17) is 10.7 Å². The fourth-order valence-electron chi connectivity index (χ4n) is 2.56. The van der Waals surface area contributed by atoms with E-state index < -0.39 is 0 Å². The Kier molecular flexibility index (Phi) is 3.51. The molecule has 0 aliphatic heterocycles. The van der Waals surface area contributed by atoms with Gasteiger partial charge >= 0.3 is 0 Å². The van der Waals surface area contributed by atoms with Gasteiger partial charge in [0.1, 0.15) is 17.3 Å². The molecule has 3 rings (SSSR count). The molecular weight excluding hydrogens is 250 g/mol. The molecule has 0 aromatic carbocycles. The minimum atomic E-state index is 0.615. The van der Waals surface area contributed by atoms with Crippen LogP contribution in [0, 0.1) is 0 Å². The van der Waals surface area contributed by atoms with E-state index in [1.54, 1.807) is 0 Å². The molecule has 0 unspecified atom stereocenters. The Labute approximate surface area is 119 Å². The van der Waals surface area contributed by atoms with E-state index in [0.717, 1.165) is 36.6 Å². The van der Waals surface area contributed by atoms with Crippen molar-refractivity contribution in [3.05, 3.63) is 18.2 Å². The average Bonchev–Trinajstić information content (AvgIpc) is 3.10. The van der Waals surface area contributed by atoms with Crippen LogP contribution in [0.5, 0.6) is 0 Å². The molecule has 1 aliphatic carbocycles. The van der Waals surface area contributed by atoms with E-state index in [0.29, 0.717) is 5.92 Å². The number of nitrogens with zero attached hydrogens (tertiary/aromatic N) is 4. The first-order valence-corrected chi connectivity index (χ1v) is 7.63. The van der Waals surface area contributed by atoms with Crippen LogP contribution >= 0.6 is 0 Å². The molecule has 2 aromatic heterocycles. The first-order chi connectivity index (χ1) is 9.74. The molecule has 108 valence electrons. The van der Waals surface area contributed by atoms with Crippen LogP contribution in [0.1, 0.15) is 51.3 Å². The Morgan fingerprint density at radius 2 is 2.15 bits per heavy atom. The quantitative estimate of drug-likeness (QED) is 0.880. The summed E-state index contributed by atoms with van der Waals surface area (Å²) in [5.41, 5.74) is 8.29. The molecule has 5 heteroatoms. The molecule has 0 spiro atoms. The second-order valence-corrected chi connectivity index (χ2v) is 5.57. The Morgan fingerprint density at radius 1 is 1.35 bits per heavy atom. The highest BCUT2D eigenvalue weighted by molar-refractivity contribution is 5.70. The van der Waals surface area contributed by atoms with Crippen molar-refractivity contribution in [1.29, 1.82) is 0 Å². The summed E-state index contributed by atoms with van der Waals surface area (Å²) in [4.78, 5) is 4.83. The summed E-state index contributed by atoms with van der Waals surface area (Å²) >= 11 is 0. The highest BCUT2D eigenvalue weighted by Crippen LogP contribution is 2.42. The molecule has 0 saturated heterocycles. The number of unbranched alkanes of at least 4 members (excludes halogenated alkanes) is 1. The lowest BCUT2D eigenvalue weighted by atomic mass is 10.2. The van der Waals surface area contributed by atoms with Gasteiger partial charge in [-0.1, -0.05) is 13.3 Å². The molecule has 0 amide bonds. The highest BCUT2D eigenvalue weighted by Gasteiger charge is 2.31. The maximum Gasteiger partial charge on any atom is 0.131 e. The summed E-state index contributed by atoms with van der Waals surface area (Å²) in [6, 6.07) is 0. The molecule has 2 heterocycles. The van der Waals surface area contributed by atoms with E-state index in [1.807, 2.05) is 17.1 Å². The number of aryl methyl sites for hydroxylation is 1. The molecule has 1 fully saturated rings. The smallest absolute Gasteiger partial charge is 0.131 e. The summed E-state index contributed by atoms with van der Waals surface area (Å²) in [6.07, 6.45) is 8.70. The zero-order valence-corrected chi connectivity index (χ0v) is 12.3. The largest absolute Gasteiger partial charge is 0.383 e. The fraction of sp³-hybridized carbons (Fsp3) is 0.600. The number of anilines is 1. The van der Waals surface area contributed by atoms with Crippen LogP contribution < -0.4 is 5.73 Å². The predicted molar refractivity (Wildman–Crippen MR) is 80.4 cm³/mol. The number of imidazole rings is 1. The molecule has 20 heavy (non-hydrogen) atoms. The lowest BCUT2D eigenvalue weighted by Crippen LogP contribution is -2.06. The molecule has 5 nitrogen and oxygen atoms in total. The molecule has 1 aliphatic rings. The Bertz CT molecular complexity index is 591. The zero-order chi connectivity index (χ0) is 14.1. The maximum absolute atomic E-state index is 6.36. The third-order valence-corrected chi connectivity index (χ3v) is 3.94. The molecular formula is C15H23N5. The number of aromatic nitrogens is 4. The second kappa shape index (κ2) is 5.31. The lowest BCUT2D eigenvalue weighted by Gasteiger charge is -2.08. The van der Waals surface area contributed by atoms with Gasteiger partial charge < -0.3 is 10.3 Å². The minimum Gasteiger partial charge on any atom is -0.383 e. The molecule has 0 atom stereocenters. The van der Waals surface area contributed by atoms with Crippen molar-refractivity contribution in [2.75, 3.05) is 5.73 Å². The average molecular weight is 273 g/mol. The summed E-state index contributed by atoms with van der Waals surface area (Å²) < 4.78 is 4.14. The van der Waals surface area contributed by atoms with Gasteiger partial charge in [0, 0.05) is 30.8 Å². The van der Waals surface area contributed by atoms with Crippen LogP contribution in [0.2, 0.25) is 0 Å². The van der Waals surface area contributed by atoms with Crippen molar-refractivity contribution in [3.8, 4) is 11.3 Å². The van der Waals surface area contributed by atoms with E-state index >= 15 is 0 Å². The monoisotopic (exact) mass is 273 g/mol. The van der Waals surface area contributed by atoms with Crippen LogP contribution in [0.4, 0.5) is 5.82 Å². The summed E-state index contributed by atoms with van der Waals surface area (Å²) in [7, 11) is 0. The van der Waals surface area contributed by atoms with Gasteiger partial charge in [0.15, 0.2) is 0 Å². The molecule has 1 saturated carbocycles. The Hall–Kier alpha value is -1.78. The van der Waals surface area contributed by atoms with Gasteiger partial charge in [-0.3, -0.25) is 4.68 Å². The number of hydrogen-bond donors (Lipinski definition) is 1. The molecule has 2 N–H and O–H groups in total. The second-order valence-electron chi connectivity index (χ2n) is 5.57. The van der Waals surface area contributed by atoms with Crippen LogP contribution in [-0.4, -0.2) is 19.3 Å². The summed E-state index contributed by atoms with van der Waals surface area (Å²) in [5, 5.41) is 4.33. The van der Waals surface area contributed by atoms with Gasteiger partial charge in [-0.15, -0.1) is 0 Å². The number of nitrogens with two attached hydrogens (primary N) is 1. The fourth-order valence-corrected chi connectivity index (χ4v) is 2.56. The summed E-state index contributed by atoms with van der Waals surface area (Å²) in [5.74, 6) is 2.59. The van der Waals surface area contributed by atoms with Crippen molar-refractivity contribution in [3.63, 3.8) is 0 Å². The van der Waals surface area contributed by atoms with Gasteiger partial charge in [0.2, 0.25) is 0 Å². The number of rotatable bonds is 6. The molecule has 0 radical (unpaired) electrons. The van der Waals surface area contributed by atoms with E-state index in [-0.39, 0.29) is 0 Å². The third-order valence-electron chi connectivity index (χ3n) is 3.94. The topological polar surface area (TPSA) is 61.7 Å². The van der Waals surface area contributed by atoms with Crippen LogP contribution in [0.15, 0.2) is 12.4 Å². The standard InChI is InChI=1S/C15H23N5/c1-3-5-8-20-14(16)13(18-15(20)11-6-7-11)12-9-17-19(4-2)10-12/h9-11H,3-8,16H2,1-2H3. The van der Waals surface area contributed by atoms with Crippen molar-refractivity contribution >= 4 is 5.82 Å². The van der Waals surface area contributed by atoms with E-state index in [1.165, 1.54) is 25.1 Å². The number of nitrogen functional groups attached to an aromatic ring is 1. The Balaban J connectivity index is 1.98. The van der Waals surface area contributed by atoms with Gasteiger partial charge in [-0.2, -0.15) is 5.10 Å². The van der Waals surface area contributed by atoms with Crippen molar-refractivity contribution in [1.82, 2.24) is 19.3 Å². The first-order valence-electron chi connectivity index (χ1n) is 7.63. The van der Waals surface area contributed by atoms with Crippen molar-refractivity contribution < 1.29 is 0 Å². The maximum atomic E-state index is 6.36. The molecule has 2 aromatic rings. The van der Waals surface area contributed by atoms with Crippen LogP contribution in [-0.2, 0) is 13.1 Å². The highest BCUT2D eigenvalue weighted by atomic mass is 15.3. The lowest BCUT2D eigenvalue weighted by molar-refractivity contribution is 0.609. The molecule has 0 bridgehead atoms. The first kappa shape index (κ1) is 13.2. The normalized spacial score (nSPS) is 14.9. The van der Waals surface area contributed by atoms with Crippen molar-refractivity contribution in [2.24, 2.45) is 0 Å². The SMILES string of the molecule is CCCCn1c(C2CC2)nc(-c2cnn(CC)c2)c1N. The van der Waals surface area contributed by atoms with Crippen molar-refractivity contribution in [2.45, 2.75) is 58.5 Å². The van der Waals surface area contributed by atoms with Gasteiger partial charge in [-0.05, 0) is 26.2 Å². The summed E-state index contributed by atoms with van der Waals surface area (Å²) in [6.45, 7) is 6.13. The zero-order valence-electron chi connectivity index (χ0n) is 12.3. The van der Waals surface area contributed by atoms with Crippen LogP contribution in [0.3, 0.4) is 0 Å². The Morgan fingerprint density at radius 3 is 2.75 bits per heavy atom. The van der Waals surface area contributed by atoms with Crippen LogP contribution in [0.25, 0.3) is 11.3 Å². The number of hydrogen-bond acceptors (Lipinski definition) is 3. The van der Waals surface area contributed by atoms with Gasteiger partial charge in [-0.25, -0.2) is 4.98 Å². The van der Waals surface area contributed by atoms with E-state index in [2.05, 4.69) is 23.5 Å². The minimum absolute atomic E-state index is 0.615. The predicted octanol–water partition coefficient (Wildman–Crippen LogP) is 3.03. The van der Waals surface area contributed by atoms with E-state index in [9.17, 15) is 0 Å².